The van der Waals surface area contributed by atoms with E-state index < -0.39 is 0 Å². The molecule has 2 unspecified atom stereocenters. The molecule has 2 atom stereocenters. The van der Waals surface area contributed by atoms with Crippen molar-refractivity contribution in [3.05, 3.63) is 54.6 Å². The number of piperidine rings is 1. The van der Waals surface area contributed by atoms with Gasteiger partial charge in [0.25, 0.3) is 0 Å². The topological polar surface area (TPSA) is 93.3 Å². The van der Waals surface area contributed by atoms with Gasteiger partial charge in [-0.2, -0.15) is 0 Å². The molecule has 0 spiro atoms. The van der Waals surface area contributed by atoms with E-state index >= 15 is 0 Å². The lowest BCUT2D eigenvalue weighted by atomic mass is 9.95. The normalized spacial score (nSPS) is 18.7. The van der Waals surface area contributed by atoms with Gasteiger partial charge in [0.05, 0.1) is 24.8 Å². The second kappa shape index (κ2) is 9.32. The molecular formula is C20H27N5O2. The number of nitrogens with zero attached hydrogens (tertiary/aromatic N) is 3. The first-order valence-corrected chi connectivity index (χ1v) is 9.43. The van der Waals surface area contributed by atoms with E-state index in [1.54, 1.807) is 12.5 Å². The molecule has 27 heavy (non-hydrogen) atoms. The van der Waals surface area contributed by atoms with Crippen molar-refractivity contribution in [1.82, 2.24) is 19.8 Å². The molecule has 1 saturated heterocycles. The smallest absolute Gasteiger partial charge is 0.231 e. The third-order valence-electron chi connectivity index (χ3n) is 5.01. The first-order chi connectivity index (χ1) is 13.1. The highest BCUT2D eigenvalue weighted by atomic mass is 16.2. The maximum atomic E-state index is 12.9. The lowest BCUT2D eigenvalue weighted by molar-refractivity contribution is -0.129. The van der Waals surface area contributed by atoms with E-state index in [1.807, 2.05) is 46.0 Å². The molecule has 1 aromatic carbocycles. The zero-order valence-corrected chi connectivity index (χ0v) is 15.5. The quantitative estimate of drug-likeness (QED) is 0.734. The Bertz CT molecular complexity index is 732. The summed E-state index contributed by atoms with van der Waals surface area (Å²) in [6, 6.07) is 9.97. The fraction of sp³-hybridized carbons (Fsp3) is 0.450. The molecular weight excluding hydrogens is 342 g/mol. The minimum absolute atomic E-state index is 0.0451. The van der Waals surface area contributed by atoms with Crippen LogP contribution < -0.4 is 11.1 Å². The molecule has 0 aliphatic carbocycles. The molecule has 1 aliphatic rings. The molecule has 0 saturated carbocycles. The lowest BCUT2D eigenvalue weighted by Crippen LogP contribution is -2.46. The number of aromatic nitrogens is 2. The SMILES string of the molecule is NC(=O)CN1CCCC(C(=O)NC(CCn2ccnc2)c2ccccc2)C1. The highest BCUT2D eigenvalue weighted by molar-refractivity contribution is 5.80. The molecule has 2 amide bonds. The van der Waals surface area contributed by atoms with Gasteiger partial charge < -0.3 is 15.6 Å². The molecule has 2 heterocycles. The summed E-state index contributed by atoms with van der Waals surface area (Å²) in [4.78, 5) is 30.1. The maximum absolute atomic E-state index is 12.9. The minimum Gasteiger partial charge on any atom is -0.369 e. The van der Waals surface area contributed by atoms with Crippen molar-refractivity contribution < 1.29 is 9.59 Å². The zero-order chi connectivity index (χ0) is 19.1. The Morgan fingerprint density at radius 2 is 2.11 bits per heavy atom. The number of likely N-dealkylation sites (tertiary alicyclic amines) is 1. The molecule has 2 aromatic rings. The number of carbonyl (C=O) groups is 2. The molecule has 7 nitrogen and oxygen atoms in total. The third kappa shape index (κ3) is 5.65. The number of nitrogens with one attached hydrogen (secondary N) is 1. The summed E-state index contributed by atoms with van der Waals surface area (Å²) in [5, 5.41) is 3.22. The first kappa shape index (κ1) is 19.1. The van der Waals surface area contributed by atoms with Gasteiger partial charge in [-0.1, -0.05) is 30.3 Å². The Labute approximate surface area is 159 Å². The van der Waals surface area contributed by atoms with Gasteiger partial charge in [0, 0.05) is 25.5 Å². The van der Waals surface area contributed by atoms with Crippen LogP contribution in [-0.4, -0.2) is 45.9 Å². The number of hydrogen-bond donors (Lipinski definition) is 2. The van der Waals surface area contributed by atoms with E-state index in [0.717, 1.165) is 37.9 Å². The number of nitrogens with two attached hydrogens (primary N) is 1. The number of amides is 2. The van der Waals surface area contributed by atoms with Crippen molar-refractivity contribution in [2.75, 3.05) is 19.6 Å². The third-order valence-corrected chi connectivity index (χ3v) is 5.01. The van der Waals surface area contributed by atoms with Crippen LogP contribution in [0.3, 0.4) is 0 Å². The average molecular weight is 369 g/mol. The second-order valence-electron chi connectivity index (χ2n) is 7.10. The van der Waals surface area contributed by atoms with E-state index in [1.165, 1.54) is 0 Å². The number of carbonyl (C=O) groups excluding carboxylic acids is 2. The Morgan fingerprint density at radius 3 is 2.81 bits per heavy atom. The summed E-state index contributed by atoms with van der Waals surface area (Å²) in [5.41, 5.74) is 6.39. The van der Waals surface area contributed by atoms with E-state index in [-0.39, 0.29) is 30.3 Å². The number of benzene rings is 1. The monoisotopic (exact) mass is 369 g/mol. The van der Waals surface area contributed by atoms with E-state index in [9.17, 15) is 9.59 Å². The zero-order valence-electron chi connectivity index (χ0n) is 15.5. The van der Waals surface area contributed by atoms with Gasteiger partial charge in [0.1, 0.15) is 0 Å². The molecule has 144 valence electrons. The highest BCUT2D eigenvalue weighted by Crippen LogP contribution is 2.21. The standard InChI is InChI=1S/C20H27N5O2/c21-19(26)14-25-10-4-7-17(13-25)20(27)23-18(16-5-2-1-3-6-16)8-11-24-12-9-22-15-24/h1-3,5-6,9,12,15,17-18H,4,7-8,10-11,13-14H2,(H2,21,26)(H,23,27). The molecule has 1 fully saturated rings. The van der Waals surface area contributed by atoms with Crippen LogP contribution in [0.15, 0.2) is 49.1 Å². The van der Waals surface area contributed by atoms with Gasteiger partial charge in [-0.05, 0) is 31.4 Å². The van der Waals surface area contributed by atoms with Gasteiger partial charge in [0.15, 0.2) is 0 Å². The van der Waals surface area contributed by atoms with E-state index in [2.05, 4.69) is 10.3 Å². The molecule has 1 aliphatic heterocycles. The fourth-order valence-electron chi connectivity index (χ4n) is 3.63. The summed E-state index contributed by atoms with van der Waals surface area (Å²) in [6.07, 6.45) is 7.98. The summed E-state index contributed by atoms with van der Waals surface area (Å²) in [5.74, 6) is -0.417. The average Bonchev–Trinajstić information content (AvgIpc) is 3.19. The molecule has 0 bridgehead atoms. The fourth-order valence-corrected chi connectivity index (χ4v) is 3.63. The number of rotatable bonds is 8. The Morgan fingerprint density at radius 1 is 1.30 bits per heavy atom. The summed E-state index contributed by atoms with van der Waals surface area (Å²) >= 11 is 0. The van der Waals surface area contributed by atoms with Crippen molar-refractivity contribution in [3.63, 3.8) is 0 Å². The van der Waals surface area contributed by atoms with Crippen LogP contribution in [0.5, 0.6) is 0 Å². The predicted molar refractivity (Wildman–Crippen MR) is 103 cm³/mol. The van der Waals surface area contributed by atoms with E-state index in [0.29, 0.717) is 6.54 Å². The Balaban J connectivity index is 1.63. The molecule has 0 radical (unpaired) electrons. The molecule has 3 rings (SSSR count). The van der Waals surface area contributed by atoms with Gasteiger partial charge in [-0.15, -0.1) is 0 Å². The minimum atomic E-state index is -0.349. The van der Waals surface area contributed by atoms with Crippen LogP contribution in [-0.2, 0) is 16.1 Å². The molecule has 3 N–H and O–H groups in total. The number of hydrogen-bond acceptors (Lipinski definition) is 4. The van der Waals surface area contributed by atoms with Crippen LogP contribution in [0.1, 0.15) is 30.9 Å². The highest BCUT2D eigenvalue weighted by Gasteiger charge is 2.28. The Hall–Kier alpha value is -2.67. The van der Waals surface area contributed by atoms with Crippen molar-refractivity contribution in [1.29, 1.82) is 0 Å². The number of primary amides is 1. The second-order valence-corrected chi connectivity index (χ2v) is 7.10. The number of imidazole rings is 1. The van der Waals surface area contributed by atoms with Gasteiger partial charge in [0.2, 0.25) is 11.8 Å². The summed E-state index contributed by atoms with van der Waals surface area (Å²) < 4.78 is 2.01. The molecule has 1 aromatic heterocycles. The van der Waals surface area contributed by atoms with Crippen molar-refractivity contribution >= 4 is 11.8 Å². The summed E-state index contributed by atoms with van der Waals surface area (Å²) in [7, 11) is 0. The van der Waals surface area contributed by atoms with Crippen molar-refractivity contribution in [3.8, 4) is 0 Å². The predicted octanol–water partition coefficient (Wildman–Crippen LogP) is 1.33. The van der Waals surface area contributed by atoms with Gasteiger partial charge >= 0.3 is 0 Å². The van der Waals surface area contributed by atoms with E-state index in [4.69, 9.17) is 5.73 Å². The van der Waals surface area contributed by atoms with Gasteiger partial charge in [-0.25, -0.2) is 4.98 Å². The van der Waals surface area contributed by atoms with Crippen LogP contribution in [0, 0.1) is 5.92 Å². The maximum Gasteiger partial charge on any atom is 0.231 e. The van der Waals surface area contributed by atoms with Crippen molar-refractivity contribution in [2.24, 2.45) is 11.7 Å². The van der Waals surface area contributed by atoms with Crippen LogP contribution >= 0.6 is 0 Å². The largest absolute Gasteiger partial charge is 0.369 e. The van der Waals surface area contributed by atoms with Crippen LogP contribution in [0.2, 0.25) is 0 Å². The first-order valence-electron chi connectivity index (χ1n) is 9.43. The van der Waals surface area contributed by atoms with Crippen LogP contribution in [0.4, 0.5) is 0 Å². The summed E-state index contributed by atoms with van der Waals surface area (Å²) in [6.45, 7) is 2.39. The Kier molecular flexibility index (Phi) is 6.59. The van der Waals surface area contributed by atoms with Gasteiger partial charge in [-0.3, -0.25) is 14.5 Å². The number of aryl methyl sites for hydroxylation is 1. The molecule has 7 heteroatoms. The van der Waals surface area contributed by atoms with Crippen LogP contribution in [0.25, 0.3) is 0 Å². The lowest BCUT2D eigenvalue weighted by Gasteiger charge is -2.32. The van der Waals surface area contributed by atoms with Crippen molar-refractivity contribution in [2.45, 2.75) is 31.8 Å².